The van der Waals surface area contributed by atoms with Gasteiger partial charge < -0.3 is 19.9 Å². The first kappa shape index (κ1) is 17.3. The van der Waals surface area contributed by atoms with Gasteiger partial charge in [0.25, 0.3) is 5.91 Å². The summed E-state index contributed by atoms with van der Waals surface area (Å²) in [6.45, 7) is 3.57. The van der Waals surface area contributed by atoms with Crippen molar-refractivity contribution in [1.82, 2.24) is 24.5 Å². The van der Waals surface area contributed by atoms with Gasteiger partial charge in [-0.15, -0.1) is 5.10 Å². The number of imidazole rings is 1. The molecule has 0 atom stereocenters. The highest BCUT2D eigenvalue weighted by atomic mass is 32.1. The number of carbonyl (C=O) groups excluding carboxylic acids is 1. The van der Waals surface area contributed by atoms with Gasteiger partial charge in [0.2, 0.25) is 5.95 Å². The summed E-state index contributed by atoms with van der Waals surface area (Å²) in [4.78, 5) is 17.9. The Hall–Kier alpha value is -2.52. The molecule has 3 rings (SSSR count). The van der Waals surface area contributed by atoms with E-state index in [-0.39, 0.29) is 5.91 Å². The summed E-state index contributed by atoms with van der Waals surface area (Å²) in [5.41, 5.74) is 3.14. The first-order chi connectivity index (χ1) is 12.1. The molecule has 0 fully saturated rings. The molecule has 3 aromatic rings. The lowest BCUT2D eigenvalue weighted by atomic mass is 10.2. The zero-order chi connectivity index (χ0) is 17.8. The standard InChI is InChI=1S/C16H20N6O2S/c1-10-14(25-21-20-10)9-18-15(23)11-4-5-13-12(8-11)19-16(22(13)2)17-6-7-24-3/h4-5,8H,6-7,9H2,1-3H3,(H,17,19)(H,18,23). The minimum atomic E-state index is -0.144. The van der Waals surface area contributed by atoms with Gasteiger partial charge in [-0.05, 0) is 36.7 Å². The van der Waals surface area contributed by atoms with Crippen LogP contribution >= 0.6 is 11.5 Å². The lowest BCUT2D eigenvalue weighted by molar-refractivity contribution is 0.0951. The summed E-state index contributed by atoms with van der Waals surface area (Å²) in [5.74, 6) is 0.602. The fourth-order valence-corrected chi connectivity index (χ4v) is 3.01. The first-order valence-electron chi connectivity index (χ1n) is 7.85. The number of methoxy groups -OCH3 is 1. The molecule has 1 aromatic carbocycles. The lowest BCUT2D eigenvalue weighted by Crippen LogP contribution is -2.22. The molecule has 25 heavy (non-hydrogen) atoms. The molecule has 8 nitrogen and oxygen atoms in total. The molecule has 0 aliphatic heterocycles. The van der Waals surface area contributed by atoms with E-state index < -0.39 is 0 Å². The number of amides is 1. The molecule has 0 aliphatic rings. The zero-order valence-corrected chi connectivity index (χ0v) is 15.2. The van der Waals surface area contributed by atoms with Crippen molar-refractivity contribution in [2.75, 3.05) is 25.6 Å². The molecule has 0 saturated carbocycles. The summed E-state index contributed by atoms with van der Waals surface area (Å²) >= 11 is 1.29. The molecule has 0 radical (unpaired) electrons. The Morgan fingerprint density at radius 2 is 2.24 bits per heavy atom. The number of hydrogen-bond donors (Lipinski definition) is 2. The highest BCUT2D eigenvalue weighted by Crippen LogP contribution is 2.20. The Bertz CT molecular complexity index is 888. The average Bonchev–Trinajstić information content (AvgIpc) is 3.16. The summed E-state index contributed by atoms with van der Waals surface area (Å²) in [6.07, 6.45) is 0. The van der Waals surface area contributed by atoms with Gasteiger partial charge in [-0.2, -0.15) is 0 Å². The van der Waals surface area contributed by atoms with Crippen LogP contribution in [-0.2, 0) is 18.3 Å². The van der Waals surface area contributed by atoms with Gasteiger partial charge in [-0.1, -0.05) is 4.49 Å². The van der Waals surface area contributed by atoms with E-state index in [0.29, 0.717) is 25.3 Å². The van der Waals surface area contributed by atoms with Gasteiger partial charge in [-0.3, -0.25) is 4.79 Å². The third-order valence-electron chi connectivity index (χ3n) is 3.89. The van der Waals surface area contributed by atoms with Crippen LogP contribution in [0.15, 0.2) is 18.2 Å². The maximum atomic E-state index is 12.4. The van der Waals surface area contributed by atoms with Crippen LogP contribution in [0.5, 0.6) is 0 Å². The molecule has 0 unspecified atom stereocenters. The topological polar surface area (TPSA) is 94.0 Å². The third-order valence-corrected chi connectivity index (χ3v) is 4.71. The van der Waals surface area contributed by atoms with Crippen molar-refractivity contribution in [3.05, 3.63) is 34.3 Å². The number of ether oxygens (including phenoxy) is 1. The van der Waals surface area contributed by atoms with E-state index >= 15 is 0 Å². The van der Waals surface area contributed by atoms with Crippen molar-refractivity contribution in [2.45, 2.75) is 13.5 Å². The first-order valence-corrected chi connectivity index (χ1v) is 8.63. The molecule has 0 bridgehead atoms. The van der Waals surface area contributed by atoms with Crippen molar-refractivity contribution in [2.24, 2.45) is 7.05 Å². The van der Waals surface area contributed by atoms with Crippen LogP contribution in [0.2, 0.25) is 0 Å². The number of aryl methyl sites for hydroxylation is 2. The highest BCUT2D eigenvalue weighted by molar-refractivity contribution is 7.05. The molecular formula is C16H20N6O2S. The van der Waals surface area contributed by atoms with Crippen LogP contribution in [0, 0.1) is 6.92 Å². The van der Waals surface area contributed by atoms with E-state index in [1.165, 1.54) is 11.5 Å². The molecule has 0 saturated heterocycles. The van der Waals surface area contributed by atoms with E-state index in [1.54, 1.807) is 19.2 Å². The number of carbonyl (C=O) groups is 1. The van der Waals surface area contributed by atoms with Crippen LogP contribution in [0.25, 0.3) is 11.0 Å². The number of rotatable bonds is 7. The minimum Gasteiger partial charge on any atom is -0.383 e. The second-order valence-corrected chi connectivity index (χ2v) is 6.42. The van der Waals surface area contributed by atoms with Crippen molar-refractivity contribution >= 4 is 34.4 Å². The molecule has 0 spiro atoms. The monoisotopic (exact) mass is 360 g/mol. The van der Waals surface area contributed by atoms with Crippen LogP contribution in [0.1, 0.15) is 20.9 Å². The van der Waals surface area contributed by atoms with Gasteiger partial charge in [0, 0.05) is 26.3 Å². The number of fused-ring (bicyclic) bond motifs is 1. The van der Waals surface area contributed by atoms with E-state index in [2.05, 4.69) is 25.2 Å². The molecule has 2 N–H and O–H groups in total. The second kappa shape index (κ2) is 7.58. The number of benzene rings is 1. The van der Waals surface area contributed by atoms with Crippen LogP contribution in [0.4, 0.5) is 5.95 Å². The molecule has 132 valence electrons. The molecule has 9 heteroatoms. The number of hydrogen-bond acceptors (Lipinski definition) is 7. The highest BCUT2D eigenvalue weighted by Gasteiger charge is 2.12. The van der Waals surface area contributed by atoms with E-state index in [4.69, 9.17) is 4.74 Å². The third kappa shape index (κ3) is 3.77. The van der Waals surface area contributed by atoms with Crippen molar-refractivity contribution in [1.29, 1.82) is 0 Å². The fraction of sp³-hybridized carbons (Fsp3) is 0.375. The number of nitrogens with one attached hydrogen (secondary N) is 2. The van der Waals surface area contributed by atoms with Gasteiger partial charge in [0.05, 0.1) is 34.8 Å². The normalized spacial score (nSPS) is 11.0. The quantitative estimate of drug-likeness (QED) is 0.623. The smallest absolute Gasteiger partial charge is 0.251 e. The van der Waals surface area contributed by atoms with E-state index in [0.717, 1.165) is 27.6 Å². The predicted octanol–water partition coefficient (Wildman–Crippen LogP) is 1.72. The van der Waals surface area contributed by atoms with Crippen LogP contribution < -0.4 is 10.6 Å². The van der Waals surface area contributed by atoms with Gasteiger partial charge in [0.1, 0.15) is 0 Å². The molecular weight excluding hydrogens is 340 g/mol. The van der Waals surface area contributed by atoms with Gasteiger partial charge >= 0.3 is 0 Å². The van der Waals surface area contributed by atoms with Gasteiger partial charge in [0.15, 0.2) is 0 Å². The Morgan fingerprint density at radius 3 is 2.96 bits per heavy atom. The maximum absolute atomic E-state index is 12.4. The second-order valence-electron chi connectivity index (χ2n) is 5.58. The Labute approximate surface area is 149 Å². The number of aromatic nitrogens is 4. The summed E-state index contributed by atoms with van der Waals surface area (Å²) in [7, 11) is 3.59. The van der Waals surface area contributed by atoms with Crippen LogP contribution in [0.3, 0.4) is 0 Å². The number of nitrogens with zero attached hydrogens (tertiary/aromatic N) is 4. The zero-order valence-electron chi connectivity index (χ0n) is 14.4. The summed E-state index contributed by atoms with van der Waals surface area (Å²) < 4.78 is 10.9. The predicted molar refractivity (Wildman–Crippen MR) is 96.9 cm³/mol. The maximum Gasteiger partial charge on any atom is 0.251 e. The molecule has 1 amide bonds. The number of anilines is 1. The van der Waals surface area contributed by atoms with Crippen molar-refractivity contribution in [3.63, 3.8) is 0 Å². The summed E-state index contributed by atoms with van der Waals surface area (Å²) in [5, 5.41) is 10.1. The molecule has 0 aliphatic carbocycles. The minimum absolute atomic E-state index is 0.144. The largest absolute Gasteiger partial charge is 0.383 e. The van der Waals surface area contributed by atoms with Crippen molar-refractivity contribution < 1.29 is 9.53 Å². The van der Waals surface area contributed by atoms with E-state index in [1.807, 2.05) is 24.6 Å². The Morgan fingerprint density at radius 1 is 1.40 bits per heavy atom. The Kier molecular flexibility index (Phi) is 5.25. The molecule has 2 aromatic heterocycles. The van der Waals surface area contributed by atoms with Gasteiger partial charge in [-0.25, -0.2) is 4.98 Å². The van der Waals surface area contributed by atoms with E-state index in [9.17, 15) is 4.79 Å². The molecule has 2 heterocycles. The lowest BCUT2D eigenvalue weighted by Gasteiger charge is -2.05. The van der Waals surface area contributed by atoms with Crippen LogP contribution in [-0.4, -0.2) is 45.3 Å². The SMILES string of the molecule is COCCNc1nc2cc(C(=O)NCc3snnc3C)ccc2n1C. The summed E-state index contributed by atoms with van der Waals surface area (Å²) in [6, 6.07) is 5.50. The Balaban J connectivity index is 1.73. The fourth-order valence-electron chi connectivity index (χ4n) is 2.44. The average molecular weight is 360 g/mol. The van der Waals surface area contributed by atoms with Crippen molar-refractivity contribution in [3.8, 4) is 0 Å².